The van der Waals surface area contributed by atoms with Gasteiger partial charge in [-0.2, -0.15) is 0 Å². The zero-order chi connectivity index (χ0) is 25.2. The lowest BCUT2D eigenvalue weighted by Gasteiger charge is -2.46. The highest BCUT2D eigenvalue weighted by Crippen LogP contribution is 2.66. The normalized spacial score (nSPS) is 16.6. The van der Waals surface area contributed by atoms with Gasteiger partial charge < -0.3 is 0 Å². The third-order valence-corrected chi connectivity index (χ3v) is 11.5. The lowest BCUT2D eigenvalue weighted by atomic mass is 9.92. The van der Waals surface area contributed by atoms with Crippen LogP contribution in [0.1, 0.15) is 47.1 Å². The predicted octanol–water partition coefficient (Wildman–Crippen LogP) is 10.7. The highest BCUT2D eigenvalue weighted by atomic mass is 31.1. The number of rotatable bonds is 2. The zero-order valence-electron chi connectivity index (χ0n) is 22.3. The van der Waals surface area contributed by atoms with Gasteiger partial charge in [-0.25, -0.2) is 0 Å². The Labute approximate surface area is 216 Å². The first-order valence-corrected chi connectivity index (χ1v) is 14.5. The van der Waals surface area contributed by atoms with E-state index in [0.717, 1.165) is 0 Å². The number of hydrogen-bond donors (Lipinski definition) is 0. The van der Waals surface area contributed by atoms with Gasteiger partial charge in [0.05, 0.1) is 0 Å². The molecule has 0 aromatic heterocycles. The summed E-state index contributed by atoms with van der Waals surface area (Å²) in [5.74, 6) is 0. The van der Waals surface area contributed by atoms with Crippen molar-refractivity contribution in [3.05, 3.63) is 103 Å². The van der Waals surface area contributed by atoms with Crippen LogP contribution in [0.4, 0.5) is 0 Å². The van der Waals surface area contributed by atoms with Crippen LogP contribution in [0, 0.1) is 0 Å². The Morgan fingerprint density at radius 1 is 0.556 bits per heavy atom. The van der Waals surface area contributed by atoms with E-state index >= 15 is 0 Å². The molecule has 0 saturated heterocycles. The van der Waals surface area contributed by atoms with Gasteiger partial charge in [-0.1, -0.05) is 122 Å². The third kappa shape index (κ3) is 3.88. The summed E-state index contributed by atoms with van der Waals surface area (Å²) in [6.45, 7) is 14.6. The SMILES string of the molecule is CC(C)(C)P(C1C=CC=C1c1cccc2cc3ccc4cc5ccccc5cc4c3cc12)C(C)(C)C. The second kappa shape index (κ2) is 8.29. The Hall–Kier alpha value is -2.95. The van der Waals surface area contributed by atoms with E-state index in [4.69, 9.17) is 0 Å². The first kappa shape index (κ1) is 23.4. The van der Waals surface area contributed by atoms with Gasteiger partial charge in [0, 0.05) is 5.66 Å². The summed E-state index contributed by atoms with van der Waals surface area (Å²) in [5.41, 5.74) is 3.35. The Kier molecular flexibility index (Phi) is 5.40. The van der Waals surface area contributed by atoms with E-state index in [1.54, 1.807) is 0 Å². The van der Waals surface area contributed by atoms with Gasteiger partial charge >= 0.3 is 0 Å². The fourth-order valence-electron chi connectivity index (χ4n) is 6.56. The van der Waals surface area contributed by atoms with Crippen molar-refractivity contribution in [2.24, 2.45) is 0 Å². The molecule has 5 aromatic carbocycles. The molecule has 1 heteroatoms. The quantitative estimate of drug-likeness (QED) is 0.132. The average molecular weight is 487 g/mol. The predicted molar refractivity (Wildman–Crippen MR) is 164 cm³/mol. The van der Waals surface area contributed by atoms with Crippen LogP contribution >= 0.6 is 7.92 Å². The van der Waals surface area contributed by atoms with Crippen LogP contribution < -0.4 is 0 Å². The molecule has 0 bridgehead atoms. The highest BCUT2D eigenvalue weighted by molar-refractivity contribution is 7.62. The van der Waals surface area contributed by atoms with Gasteiger partial charge in [-0.3, -0.25) is 0 Å². The molecule has 1 aliphatic carbocycles. The van der Waals surface area contributed by atoms with Gasteiger partial charge in [0.2, 0.25) is 0 Å². The van der Waals surface area contributed by atoms with Crippen molar-refractivity contribution in [3.8, 4) is 0 Å². The molecule has 0 radical (unpaired) electrons. The van der Waals surface area contributed by atoms with Crippen molar-refractivity contribution in [3.63, 3.8) is 0 Å². The second-order valence-corrected chi connectivity index (χ2v) is 16.2. The molecule has 0 spiro atoms. The Balaban J connectivity index is 1.59. The first-order chi connectivity index (χ1) is 17.1. The Morgan fingerprint density at radius 3 is 1.78 bits per heavy atom. The smallest absolute Gasteiger partial charge is 0.0239 e. The zero-order valence-corrected chi connectivity index (χ0v) is 23.2. The molecule has 36 heavy (non-hydrogen) atoms. The number of benzene rings is 5. The van der Waals surface area contributed by atoms with Crippen molar-refractivity contribution >= 4 is 56.6 Å². The van der Waals surface area contributed by atoms with Gasteiger partial charge in [0.15, 0.2) is 0 Å². The second-order valence-electron chi connectivity index (χ2n) is 12.2. The van der Waals surface area contributed by atoms with Crippen LogP contribution in [0.3, 0.4) is 0 Å². The molecule has 0 nitrogen and oxygen atoms in total. The molecule has 5 aromatic rings. The topological polar surface area (TPSA) is 0 Å². The average Bonchev–Trinajstić information content (AvgIpc) is 3.27. The van der Waals surface area contributed by atoms with Crippen molar-refractivity contribution in [1.29, 1.82) is 0 Å². The lowest BCUT2D eigenvalue weighted by Crippen LogP contribution is -2.30. The van der Waals surface area contributed by atoms with Gasteiger partial charge in [-0.15, -0.1) is 0 Å². The summed E-state index contributed by atoms with van der Waals surface area (Å²) in [6.07, 6.45) is 7.15. The van der Waals surface area contributed by atoms with Crippen LogP contribution in [0.25, 0.3) is 48.7 Å². The number of hydrogen-bond acceptors (Lipinski definition) is 0. The molecule has 0 amide bonds. The molecule has 0 aliphatic heterocycles. The van der Waals surface area contributed by atoms with E-state index in [2.05, 4.69) is 139 Å². The van der Waals surface area contributed by atoms with E-state index < -0.39 is 0 Å². The van der Waals surface area contributed by atoms with Crippen molar-refractivity contribution in [2.75, 3.05) is 0 Å². The summed E-state index contributed by atoms with van der Waals surface area (Å²) in [4.78, 5) is 0. The van der Waals surface area contributed by atoms with E-state index in [1.807, 2.05) is 0 Å². The van der Waals surface area contributed by atoms with Crippen LogP contribution in [0.2, 0.25) is 0 Å². The molecule has 0 heterocycles. The largest absolute Gasteiger partial charge is 0.0840 e. The molecular weight excluding hydrogens is 451 g/mol. The maximum Gasteiger partial charge on any atom is 0.0239 e. The molecular formula is C35H35P. The van der Waals surface area contributed by atoms with Crippen LogP contribution in [-0.4, -0.2) is 16.0 Å². The minimum atomic E-state index is -0.300. The van der Waals surface area contributed by atoms with Crippen LogP contribution in [-0.2, 0) is 0 Å². The monoisotopic (exact) mass is 486 g/mol. The van der Waals surface area contributed by atoms with E-state index in [-0.39, 0.29) is 18.2 Å². The molecule has 1 unspecified atom stereocenters. The molecule has 0 saturated carbocycles. The summed E-state index contributed by atoms with van der Waals surface area (Å²) in [7, 11) is -0.300. The third-order valence-electron chi connectivity index (χ3n) is 7.62. The molecule has 0 fully saturated rings. The summed E-state index contributed by atoms with van der Waals surface area (Å²) < 4.78 is 0. The summed E-state index contributed by atoms with van der Waals surface area (Å²) >= 11 is 0. The fourth-order valence-corrected chi connectivity index (χ4v) is 11.0. The van der Waals surface area contributed by atoms with Gasteiger partial charge in [0.1, 0.15) is 0 Å². The van der Waals surface area contributed by atoms with Gasteiger partial charge in [0.25, 0.3) is 0 Å². The van der Waals surface area contributed by atoms with Gasteiger partial charge in [-0.05, 0) is 88.8 Å². The minimum Gasteiger partial charge on any atom is -0.0840 e. The number of fused-ring (bicyclic) bond motifs is 5. The van der Waals surface area contributed by atoms with Crippen LogP contribution in [0.5, 0.6) is 0 Å². The number of allylic oxidation sites excluding steroid dienone is 4. The van der Waals surface area contributed by atoms with Crippen LogP contribution in [0.15, 0.2) is 97.1 Å². The van der Waals surface area contributed by atoms with Crippen molar-refractivity contribution in [2.45, 2.75) is 57.5 Å². The Bertz CT molecular complexity index is 1690. The van der Waals surface area contributed by atoms with E-state index in [0.29, 0.717) is 5.66 Å². The maximum absolute atomic E-state index is 2.47. The molecule has 180 valence electrons. The molecule has 6 rings (SSSR count). The summed E-state index contributed by atoms with van der Waals surface area (Å²) in [6, 6.07) is 29.7. The molecule has 0 N–H and O–H groups in total. The maximum atomic E-state index is 2.47. The van der Waals surface area contributed by atoms with E-state index in [1.165, 1.54) is 54.2 Å². The molecule has 1 aliphatic rings. The van der Waals surface area contributed by atoms with Crippen molar-refractivity contribution in [1.82, 2.24) is 0 Å². The first-order valence-electron chi connectivity index (χ1n) is 13.1. The standard InChI is InChI=1S/C35H35P/c1-34(2,3)36(35(4,5)6)33-16-10-15-29(33)28-14-9-13-25-20-27-18-17-26-19-23-11-7-8-12-24(23)21-30(26)32(27)22-31(25)28/h7-22,33H,1-6H3. The summed E-state index contributed by atoms with van der Waals surface area (Å²) in [5, 5.41) is 11.1. The minimum absolute atomic E-state index is 0.264. The molecule has 1 atom stereocenters. The fraction of sp³-hybridized carbons (Fsp3) is 0.257. The Morgan fingerprint density at radius 2 is 1.11 bits per heavy atom. The van der Waals surface area contributed by atoms with E-state index in [9.17, 15) is 0 Å². The van der Waals surface area contributed by atoms with Crippen molar-refractivity contribution < 1.29 is 0 Å². The lowest BCUT2D eigenvalue weighted by molar-refractivity contribution is 0.702. The highest BCUT2D eigenvalue weighted by Gasteiger charge is 2.41.